The molecule has 0 aliphatic rings. The van der Waals surface area contributed by atoms with E-state index in [1.165, 1.54) is 25.7 Å². The van der Waals surface area contributed by atoms with E-state index in [0.717, 1.165) is 25.7 Å². The van der Waals surface area contributed by atoms with E-state index in [1.54, 1.807) is 0 Å². The smallest absolute Gasteiger partial charge is 0.463 e. The van der Waals surface area contributed by atoms with E-state index in [-0.39, 0.29) is 19.6 Å². The topological polar surface area (TPSA) is 102 Å². The van der Waals surface area contributed by atoms with E-state index in [4.69, 9.17) is 13.8 Å². The van der Waals surface area contributed by atoms with Crippen molar-refractivity contribution in [3.63, 3.8) is 0 Å². The number of carbonyl (C=O) groups is 1. The van der Waals surface area contributed by atoms with Crippen molar-refractivity contribution in [2.24, 2.45) is 0 Å². The van der Waals surface area contributed by atoms with Gasteiger partial charge in [-0.25, -0.2) is 4.57 Å². The van der Waals surface area contributed by atoms with E-state index in [2.05, 4.69) is 43.4 Å². The average molecular weight is 519 g/mol. The molecule has 0 aliphatic heterocycles. The Hall–Kier alpha value is -1.28. The number of nitrogens with zero attached hydrogens (tertiary/aromatic N) is 1. The molecule has 0 aliphatic carbocycles. The molecule has 35 heavy (non-hydrogen) atoms. The summed E-state index contributed by atoms with van der Waals surface area (Å²) in [5.74, 6) is -0.412. The maximum absolute atomic E-state index is 11.8. The summed E-state index contributed by atoms with van der Waals surface area (Å²) in [6, 6.07) is 0. The summed E-state index contributed by atoms with van der Waals surface area (Å²) < 4.78 is 27.0. The molecule has 0 rings (SSSR count). The molecule has 0 amide bonds. The largest absolute Gasteiger partial charge is 0.472 e. The van der Waals surface area contributed by atoms with Crippen molar-refractivity contribution in [2.45, 2.75) is 77.2 Å². The number of unbranched alkanes of at least 4 members (excludes halogenated alkanes) is 5. The molecule has 2 unspecified atom stereocenters. The second-order valence-electron chi connectivity index (χ2n) is 9.58. The number of aliphatic hydroxyl groups is 1. The molecule has 2 N–H and O–H groups in total. The van der Waals surface area contributed by atoms with Crippen LogP contribution >= 0.6 is 7.82 Å². The van der Waals surface area contributed by atoms with Gasteiger partial charge in [-0.05, 0) is 44.9 Å². The molecule has 0 aromatic heterocycles. The van der Waals surface area contributed by atoms with Gasteiger partial charge >= 0.3 is 13.8 Å². The van der Waals surface area contributed by atoms with Crippen molar-refractivity contribution >= 4 is 13.8 Å². The molecule has 9 heteroatoms. The molecule has 0 radical (unpaired) electrons. The molecule has 0 fully saturated rings. The number of rotatable bonds is 22. The van der Waals surface area contributed by atoms with Crippen LogP contribution in [0.1, 0.15) is 71.1 Å². The Morgan fingerprint density at radius 2 is 1.46 bits per heavy atom. The Balaban J connectivity index is 3.73. The Morgan fingerprint density at radius 3 is 2.03 bits per heavy atom. The van der Waals surface area contributed by atoms with Gasteiger partial charge in [0.25, 0.3) is 0 Å². The minimum atomic E-state index is -4.25. The zero-order valence-corrected chi connectivity index (χ0v) is 23.2. The number of ether oxygens (including phenoxy) is 1. The fourth-order valence-electron chi connectivity index (χ4n) is 2.78. The molecule has 0 saturated carbocycles. The predicted molar refractivity (Wildman–Crippen MR) is 141 cm³/mol. The van der Waals surface area contributed by atoms with Crippen LogP contribution in [-0.2, 0) is 23.1 Å². The van der Waals surface area contributed by atoms with Crippen LogP contribution in [-0.4, -0.2) is 74.1 Å². The Morgan fingerprint density at radius 1 is 0.886 bits per heavy atom. The second kappa shape index (κ2) is 20.9. The number of aliphatic hydroxyl groups excluding tert-OH is 1. The highest BCUT2D eigenvalue weighted by Crippen LogP contribution is 2.43. The average Bonchev–Trinajstić information content (AvgIpc) is 2.78. The molecular formula is C26H49NO7P+. The number of hydrogen-bond acceptors (Lipinski definition) is 6. The monoisotopic (exact) mass is 518 g/mol. The van der Waals surface area contributed by atoms with E-state index in [1.807, 2.05) is 21.1 Å². The lowest BCUT2D eigenvalue weighted by atomic mass is 10.1. The summed E-state index contributed by atoms with van der Waals surface area (Å²) >= 11 is 0. The van der Waals surface area contributed by atoms with E-state index in [0.29, 0.717) is 17.4 Å². The molecule has 204 valence electrons. The lowest BCUT2D eigenvalue weighted by Crippen LogP contribution is -2.37. The van der Waals surface area contributed by atoms with Crippen LogP contribution < -0.4 is 0 Å². The van der Waals surface area contributed by atoms with Crippen molar-refractivity contribution in [1.29, 1.82) is 0 Å². The molecule has 2 atom stereocenters. The summed E-state index contributed by atoms with van der Waals surface area (Å²) in [6.45, 7) is 2.04. The third-order valence-corrected chi connectivity index (χ3v) is 5.89. The van der Waals surface area contributed by atoms with Crippen LogP contribution in [0.5, 0.6) is 0 Å². The Kier molecular flexibility index (Phi) is 20.1. The van der Waals surface area contributed by atoms with Crippen molar-refractivity contribution in [2.75, 3.05) is 47.5 Å². The quantitative estimate of drug-likeness (QED) is 0.0657. The van der Waals surface area contributed by atoms with E-state index < -0.39 is 26.5 Å². The van der Waals surface area contributed by atoms with Gasteiger partial charge in [-0.2, -0.15) is 0 Å². The lowest BCUT2D eigenvalue weighted by Gasteiger charge is -2.24. The maximum atomic E-state index is 11.8. The summed E-state index contributed by atoms with van der Waals surface area (Å²) in [5, 5.41) is 9.81. The highest BCUT2D eigenvalue weighted by molar-refractivity contribution is 7.47. The van der Waals surface area contributed by atoms with Gasteiger partial charge < -0.3 is 19.2 Å². The minimum absolute atomic E-state index is 0.0467. The normalized spacial score (nSPS) is 15.3. The van der Waals surface area contributed by atoms with Gasteiger partial charge in [-0.1, -0.05) is 56.2 Å². The van der Waals surface area contributed by atoms with Crippen LogP contribution in [0.25, 0.3) is 0 Å². The van der Waals surface area contributed by atoms with Gasteiger partial charge in [0.05, 0.1) is 27.7 Å². The summed E-state index contributed by atoms with van der Waals surface area (Å²) in [7, 11) is 1.53. The number of hydrogen-bond donors (Lipinski definition) is 2. The first kappa shape index (κ1) is 33.7. The van der Waals surface area contributed by atoms with Gasteiger partial charge in [0.2, 0.25) is 0 Å². The van der Waals surface area contributed by atoms with Gasteiger partial charge in [0, 0.05) is 6.42 Å². The third-order valence-electron chi connectivity index (χ3n) is 4.90. The first-order valence-electron chi connectivity index (χ1n) is 12.8. The van der Waals surface area contributed by atoms with Crippen LogP contribution in [0, 0.1) is 0 Å². The predicted octanol–water partition coefficient (Wildman–Crippen LogP) is 5.32. The van der Waals surface area contributed by atoms with Crippen molar-refractivity contribution in [1.82, 2.24) is 0 Å². The van der Waals surface area contributed by atoms with E-state index >= 15 is 0 Å². The highest BCUT2D eigenvalue weighted by atomic mass is 31.2. The summed E-state index contributed by atoms with van der Waals surface area (Å²) in [5.41, 5.74) is 0. The van der Waals surface area contributed by atoms with E-state index in [9.17, 15) is 19.4 Å². The first-order valence-corrected chi connectivity index (χ1v) is 14.3. The highest BCUT2D eigenvalue weighted by Gasteiger charge is 2.24. The number of carbonyl (C=O) groups excluding carboxylic acids is 1. The van der Waals surface area contributed by atoms with Crippen molar-refractivity contribution in [3.8, 4) is 0 Å². The molecule has 0 heterocycles. The number of quaternary nitrogens is 1. The van der Waals surface area contributed by atoms with Gasteiger partial charge in [0.1, 0.15) is 25.9 Å². The number of phosphoric ester groups is 1. The van der Waals surface area contributed by atoms with Crippen molar-refractivity contribution < 1.29 is 37.6 Å². The Bertz CT molecular complexity index is 671. The van der Waals surface area contributed by atoms with Crippen LogP contribution in [0.2, 0.25) is 0 Å². The lowest BCUT2D eigenvalue weighted by molar-refractivity contribution is -0.870. The zero-order chi connectivity index (χ0) is 26.4. The first-order chi connectivity index (χ1) is 16.6. The SMILES string of the molecule is CCCCCC=CCC=CCC=CCCCCC(=O)OCC(O)COP(=O)(O)OCC[N+](C)(C)C. The standard InChI is InChI=1S/C26H48NO7P/c1-5-6-7-8-9-10-11-12-13-14-15-16-17-18-19-20-26(29)32-23-25(28)24-34-35(30,31)33-22-21-27(2,3)4/h9-10,12-13,15-16,25,28H,5-8,11,14,17-24H2,1-4H3/p+1. The molecular weight excluding hydrogens is 469 g/mol. The Labute approximate surface area is 212 Å². The number of likely N-dealkylation sites (N-methyl/N-ethyl adjacent to an activating group) is 1. The van der Waals surface area contributed by atoms with Crippen LogP contribution in [0.15, 0.2) is 36.5 Å². The molecule has 0 bridgehead atoms. The fraction of sp³-hybridized carbons (Fsp3) is 0.731. The fourth-order valence-corrected chi connectivity index (χ4v) is 3.53. The zero-order valence-electron chi connectivity index (χ0n) is 22.3. The molecule has 0 aromatic carbocycles. The van der Waals surface area contributed by atoms with Crippen LogP contribution in [0.3, 0.4) is 0 Å². The maximum Gasteiger partial charge on any atom is 0.472 e. The van der Waals surface area contributed by atoms with Gasteiger partial charge in [-0.3, -0.25) is 13.8 Å². The molecule has 0 spiro atoms. The molecule has 0 saturated heterocycles. The number of esters is 1. The summed E-state index contributed by atoms with van der Waals surface area (Å²) in [4.78, 5) is 21.4. The van der Waals surface area contributed by atoms with Crippen LogP contribution in [0.4, 0.5) is 0 Å². The van der Waals surface area contributed by atoms with Gasteiger partial charge in [0.15, 0.2) is 0 Å². The summed E-state index contributed by atoms with van der Waals surface area (Å²) in [6.07, 6.45) is 21.5. The molecule has 8 nitrogen and oxygen atoms in total. The van der Waals surface area contributed by atoms with Gasteiger partial charge in [-0.15, -0.1) is 0 Å². The second-order valence-corrected chi connectivity index (χ2v) is 11.0. The molecule has 0 aromatic rings. The third kappa shape index (κ3) is 25.6. The van der Waals surface area contributed by atoms with Crippen molar-refractivity contribution in [3.05, 3.63) is 36.5 Å². The number of allylic oxidation sites excluding steroid dienone is 6. The minimum Gasteiger partial charge on any atom is -0.463 e. The number of phosphoric acid groups is 1.